The van der Waals surface area contributed by atoms with E-state index in [0.717, 1.165) is 11.1 Å². The van der Waals surface area contributed by atoms with E-state index in [0.29, 0.717) is 37.2 Å². The number of hydrogen-bond donors (Lipinski definition) is 0. The van der Waals surface area contributed by atoms with E-state index in [1.54, 1.807) is 12.1 Å². The van der Waals surface area contributed by atoms with Crippen LogP contribution in [0.25, 0.3) is 11.1 Å². The first-order chi connectivity index (χ1) is 15.4. The van der Waals surface area contributed by atoms with Gasteiger partial charge in [-0.3, -0.25) is 0 Å². The summed E-state index contributed by atoms with van der Waals surface area (Å²) in [4.78, 5) is 0. The summed E-state index contributed by atoms with van der Waals surface area (Å²) in [5.41, 5.74) is 2.54. The van der Waals surface area contributed by atoms with Crippen molar-refractivity contribution in [2.45, 2.75) is 19.3 Å². The number of benzene rings is 3. The van der Waals surface area contributed by atoms with E-state index in [1.165, 1.54) is 0 Å². The lowest BCUT2D eigenvalue weighted by Crippen LogP contribution is -2.08. The lowest BCUT2D eigenvalue weighted by molar-refractivity contribution is 0.248. The zero-order chi connectivity index (χ0) is 23.1. The molecule has 0 bridgehead atoms. The lowest BCUT2D eigenvalue weighted by Gasteiger charge is -2.10. The number of rotatable bonds is 9. The molecule has 0 radical (unpaired) electrons. The van der Waals surface area contributed by atoms with Crippen molar-refractivity contribution in [3.05, 3.63) is 83.2 Å². The van der Waals surface area contributed by atoms with Gasteiger partial charge < -0.3 is 9.47 Å². The smallest absolute Gasteiger partial charge is 0.206 e. The van der Waals surface area contributed by atoms with E-state index in [1.807, 2.05) is 36.4 Å². The zero-order valence-corrected chi connectivity index (χ0v) is 16.8. The van der Waals surface area contributed by atoms with Crippen molar-refractivity contribution in [2.75, 3.05) is 13.2 Å². The van der Waals surface area contributed by atoms with Crippen molar-refractivity contribution in [2.24, 2.45) is 0 Å². The van der Waals surface area contributed by atoms with Crippen LogP contribution in [0.5, 0.6) is 11.5 Å². The van der Waals surface area contributed by atoms with Crippen LogP contribution in [-0.2, 0) is 0 Å². The molecule has 8 heteroatoms. The molecular weight excluding hydrogens is 429 g/mol. The van der Waals surface area contributed by atoms with Crippen molar-refractivity contribution in [3.63, 3.8) is 0 Å². The van der Waals surface area contributed by atoms with Gasteiger partial charge in [-0.05, 0) is 54.7 Å². The van der Waals surface area contributed by atoms with Crippen molar-refractivity contribution >= 4 is 0 Å². The van der Waals surface area contributed by atoms with E-state index < -0.39 is 34.8 Å². The molecule has 0 aliphatic carbocycles. The molecule has 166 valence electrons. The van der Waals surface area contributed by atoms with Gasteiger partial charge in [0.25, 0.3) is 0 Å². The molecule has 3 rings (SSSR count). The third kappa shape index (κ3) is 5.35. The molecule has 3 aromatic carbocycles. The van der Waals surface area contributed by atoms with Gasteiger partial charge in [0.05, 0.1) is 24.8 Å². The molecule has 0 spiro atoms. The third-order valence-corrected chi connectivity index (χ3v) is 4.67. The highest BCUT2D eigenvalue weighted by molar-refractivity contribution is 5.64. The van der Waals surface area contributed by atoms with Crippen LogP contribution in [0.1, 0.15) is 24.8 Å². The Hall–Kier alpha value is -3.60. The zero-order valence-electron chi connectivity index (χ0n) is 16.8. The number of halogens is 5. The predicted molar refractivity (Wildman–Crippen MR) is 108 cm³/mol. The molecule has 0 heterocycles. The average Bonchev–Trinajstić information content (AvgIpc) is 2.83. The fourth-order valence-electron chi connectivity index (χ4n) is 2.94. The van der Waals surface area contributed by atoms with E-state index in [2.05, 4.69) is 6.07 Å². The maximum atomic E-state index is 13.5. The first-order valence-corrected chi connectivity index (χ1v) is 9.80. The van der Waals surface area contributed by atoms with Crippen LogP contribution in [0, 0.1) is 40.4 Å². The normalized spacial score (nSPS) is 10.6. The SMILES string of the molecule is N#Cc1ccc(-c2ccc(OCCCCCOc3c(F)c(F)c(F)c(F)c3F)cc2)cc1. The van der Waals surface area contributed by atoms with Crippen molar-refractivity contribution in [1.29, 1.82) is 5.26 Å². The van der Waals surface area contributed by atoms with E-state index in [4.69, 9.17) is 14.7 Å². The van der Waals surface area contributed by atoms with Gasteiger partial charge in [0, 0.05) is 0 Å². The quantitative estimate of drug-likeness (QED) is 0.162. The standard InChI is InChI=1S/C24H18F5NO2/c25-19-20(26)22(28)24(23(29)21(19)27)32-13-3-1-2-12-31-18-10-8-17(9-11-18)16-6-4-15(14-30)5-7-16/h4-11H,1-3,12-13H2. The maximum absolute atomic E-state index is 13.5. The average molecular weight is 447 g/mol. The number of nitriles is 1. The van der Waals surface area contributed by atoms with Gasteiger partial charge in [0.15, 0.2) is 5.75 Å². The molecule has 0 saturated heterocycles. The van der Waals surface area contributed by atoms with Crippen LogP contribution in [0.2, 0.25) is 0 Å². The first kappa shape index (κ1) is 23.1. The number of nitrogens with zero attached hydrogens (tertiary/aromatic N) is 1. The Bertz CT molecular complexity index is 1080. The summed E-state index contributed by atoms with van der Waals surface area (Å²) < 4.78 is 76.7. The minimum atomic E-state index is -2.21. The Morgan fingerprint density at radius 3 is 1.59 bits per heavy atom. The van der Waals surface area contributed by atoms with E-state index in [-0.39, 0.29) is 6.61 Å². The maximum Gasteiger partial charge on any atom is 0.206 e. The molecule has 3 nitrogen and oxygen atoms in total. The summed E-state index contributed by atoms with van der Waals surface area (Å²) >= 11 is 0. The Kier molecular flexibility index (Phi) is 7.66. The summed E-state index contributed by atoms with van der Waals surface area (Å²) in [5.74, 6) is -10.8. The molecule has 32 heavy (non-hydrogen) atoms. The molecule has 0 amide bonds. The molecule has 0 atom stereocenters. The summed E-state index contributed by atoms with van der Waals surface area (Å²) in [6.07, 6.45) is 1.52. The lowest BCUT2D eigenvalue weighted by atomic mass is 10.0. The van der Waals surface area contributed by atoms with Crippen molar-refractivity contribution < 1.29 is 31.4 Å². The van der Waals surface area contributed by atoms with E-state index >= 15 is 0 Å². The van der Waals surface area contributed by atoms with Crippen molar-refractivity contribution in [3.8, 4) is 28.7 Å². The summed E-state index contributed by atoms with van der Waals surface area (Å²) in [6, 6.07) is 16.7. The molecule has 0 fully saturated rings. The predicted octanol–water partition coefficient (Wildman–Crippen LogP) is 6.55. The molecule has 0 unspecified atom stereocenters. The second-order valence-corrected chi connectivity index (χ2v) is 6.87. The summed E-state index contributed by atoms with van der Waals surface area (Å²) in [7, 11) is 0. The number of unbranched alkanes of at least 4 members (excludes halogenated alkanes) is 2. The Balaban J connectivity index is 1.40. The molecule has 0 saturated carbocycles. The van der Waals surface area contributed by atoms with Gasteiger partial charge >= 0.3 is 0 Å². The minimum Gasteiger partial charge on any atom is -0.494 e. The van der Waals surface area contributed by atoms with Crippen LogP contribution >= 0.6 is 0 Å². The molecule has 0 aliphatic rings. The van der Waals surface area contributed by atoms with Crippen LogP contribution in [0.4, 0.5) is 22.0 Å². The summed E-state index contributed by atoms with van der Waals surface area (Å²) in [6.45, 7) is 0.191. The van der Waals surface area contributed by atoms with Gasteiger partial charge in [0.2, 0.25) is 29.1 Å². The number of ether oxygens (including phenoxy) is 2. The number of hydrogen-bond acceptors (Lipinski definition) is 3. The third-order valence-electron chi connectivity index (χ3n) is 4.67. The van der Waals surface area contributed by atoms with Gasteiger partial charge in [-0.2, -0.15) is 14.0 Å². The molecular formula is C24H18F5NO2. The Morgan fingerprint density at radius 1 is 0.594 bits per heavy atom. The van der Waals surface area contributed by atoms with Crippen molar-refractivity contribution in [1.82, 2.24) is 0 Å². The first-order valence-electron chi connectivity index (χ1n) is 9.80. The highest BCUT2D eigenvalue weighted by Gasteiger charge is 2.26. The van der Waals surface area contributed by atoms with Gasteiger partial charge in [-0.1, -0.05) is 24.3 Å². The highest BCUT2D eigenvalue weighted by atomic mass is 19.2. The molecule has 0 N–H and O–H groups in total. The fraction of sp³-hybridized carbons (Fsp3) is 0.208. The second kappa shape index (κ2) is 10.6. The molecule has 0 aliphatic heterocycles. The minimum absolute atomic E-state index is 0.197. The van der Waals surface area contributed by atoms with Crippen LogP contribution in [0.15, 0.2) is 48.5 Å². The fourth-order valence-corrected chi connectivity index (χ4v) is 2.94. The van der Waals surface area contributed by atoms with Crippen LogP contribution in [-0.4, -0.2) is 13.2 Å². The largest absolute Gasteiger partial charge is 0.494 e. The van der Waals surface area contributed by atoms with Gasteiger partial charge in [-0.25, -0.2) is 13.2 Å². The molecule has 3 aromatic rings. The van der Waals surface area contributed by atoms with E-state index in [9.17, 15) is 22.0 Å². The topological polar surface area (TPSA) is 42.2 Å². The monoisotopic (exact) mass is 447 g/mol. The van der Waals surface area contributed by atoms with Crippen LogP contribution < -0.4 is 9.47 Å². The highest BCUT2D eigenvalue weighted by Crippen LogP contribution is 2.29. The molecule has 0 aromatic heterocycles. The van der Waals surface area contributed by atoms with Crippen LogP contribution in [0.3, 0.4) is 0 Å². The summed E-state index contributed by atoms with van der Waals surface area (Å²) in [5, 5.41) is 8.85. The van der Waals surface area contributed by atoms with Gasteiger partial charge in [0.1, 0.15) is 5.75 Å². The van der Waals surface area contributed by atoms with Gasteiger partial charge in [-0.15, -0.1) is 0 Å². The second-order valence-electron chi connectivity index (χ2n) is 6.87. The Labute approximate surface area is 181 Å². The Morgan fingerprint density at radius 2 is 1.06 bits per heavy atom.